The third kappa shape index (κ3) is 2.56. The van der Waals surface area contributed by atoms with Gasteiger partial charge in [0.05, 0.1) is 12.1 Å². The molecule has 0 aromatic rings. The zero-order chi connectivity index (χ0) is 11.8. The molecule has 1 aliphatic heterocycles. The molecule has 2 fully saturated rings. The number of hydrogen-bond acceptors (Lipinski definition) is 4. The Balaban J connectivity index is 1.88. The molecule has 0 amide bonds. The number of nitrogens with zero attached hydrogens (tertiary/aromatic N) is 2. The van der Waals surface area contributed by atoms with Gasteiger partial charge in [-0.3, -0.25) is 4.90 Å². The van der Waals surface area contributed by atoms with E-state index in [1.807, 2.05) is 0 Å². The van der Waals surface area contributed by atoms with Gasteiger partial charge in [0.1, 0.15) is 0 Å². The van der Waals surface area contributed by atoms with Gasteiger partial charge in [0.15, 0.2) is 0 Å². The lowest BCUT2D eigenvalue weighted by molar-refractivity contribution is 0.0622. The fourth-order valence-corrected chi connectivity index (χ4v) is 2.65. The van der Waals surface area contributed by atoms with Crippen LogP contribution in [0, 0.1) is 5.92 Å². The van der Waals surface area contributed by atoms with Gasteiger partial charge in [0.2, 0.25) is 0 Å². The molecule has 4 heteroatoms. The summed E-state index contributed by atoms with van der Waals surface area (Å²) in [6, 6.07) is 0.593. The van der Waals surface area contributed by atoms with Crippen LogP contribution in [-0.2, 0) is 0 Å². The highest BCUT2D eigenvalue weighted by Gasteiger charge is 2.43. The van der Waals surface area contributed by atoms with Crippen LogP contribution in [0.5, 0.6) is 0 Å². The normalized spacial score (nSPS) is 32.6. The first-order valence-corrected chi connectivity index (χ1v) is 6.37. The van der Waals surface area contributed by atoms with Crippen molar-refractivity contribution in [1.82, 2.24) is 9.80 Å². The van der Waals surface area contributed by atoms with E-state index in [2.05, 4.69) is 23.8 Å². The minimum atomic E-state index is -0.352. The Morgan fingerprint density at radius 2 is 2.06 bits per heavy atom. The van der Waals surface area contributed by atoms with Crippen molar-refractivity contribution >= 4 is 0 Å². The summed E-state index contributed by atoms with van der Waals surface area (Å²) in [6.07, 6.45) is 2.39. The molecule has 0 radical (unpaired) electrons. The summed E-state index contributed by atoms with van der Waals surface area (Å²) >= 11 is 0. The van der Waals surface area contributed by atoms with Gasteiger partial charge in [0.25, 0.3) is 0 Å². The molecule has 0 bridgehead atoms. The molecule has 0 aromatic heterocycles. The van der Waals surface area contributed by atoms with Gasteiger partial charge in [-0.05, 0) is 32.7 Å². The fraction of sp³-hybridized carbons (Fsp3) is 1.00. The summed E-state index contributed by atoms with van der Waals surface area (Å²) in [5.41, 5.74) is 5.96. The standard InChI is InChI=1S/C12H25N3O/c1-10-7-15(6-5-14(10)2)8-12(13,9-16)11-3-4-11/h10-11,16H,3-9,13H2,1-2H3. The van der Waals surface area contributed by atoms with Crippen molar-refractivity contribution in [2.75, 3.05) is 39.8 Å². The molecule has 94 valence electrons. The molecule has 1 aliphatic carbocycles. The molecule has 0 aromatic carbocycles. The Bertz CT molecular complexity index is 244. The molecular weight excluding hydrogens is 202 g/mol. The van der Waals surface area contributed by atoms with Crippen LogP contribution in [0.25, 0.3) is 0 Å². The molecule has 4 nitrogen and oxygen atoms in total. The Morgan fingerprint density at radius 1 is 1.38 bits per heavy atom. The number of likely N-dealkylation sites (N-methyl/N-ethyl adjacent to an activating group) is 1. The Morgan fingerprint density at radius 3 is 2.56 bits per heavy atom. The molecule has 3 N–H and O–H groups in total. The van der Waals surface area contributed by atoms with Crippen molar-refractivity contribution in [3.05, 3.63) is 0 Å². The lowest BCUT2D eigenvalue weighted by atomic mass is 9.94. The van der Waals surface area contributed by atoms with E-state index in [9.17, 15) is 5.11 Å². The third-order valence-corrected chi connectivity index (χ3v) is 4.25. The van der Waals surface area contributed by atoms with Crippen molar-refractivity contribution in [3.63, 3.8) is 0 Å². The van der Waals surface area contributed by atoms with Gasteiger partial charge >= 0.3 is 0 Å². The van der Waals surface area contributed by atoms with E-state index in [-0.39, 0.29) is 12.1 Å². The molecule has 2 rings (SSSR count). The van der Waals surface area contributed by atoms with Gasteiger partial charge in [-0.2, -0.15) is 0 Å². The quantitative estimate of drug-likeness (QED) is 0.694. The van der Waals surface area contributed by atoms with E-state index in [1.165, 1.54) is 12.8 Å². The number of hydrogen-bond donors (Lipinski definition) is 2. The molecular formula is C12H25N3O. The first kappa shape index (κ1) is 12.3. The Hall–Kier alpha value is -0.160. The average molecular weight is 227 g/mol. The van der Waals surface area contributed by atoms with Crippen LogP contribution in [0.4, 0.5) is 0 Å². The molecule has 2 unspecified atom stereocenters. The van der Waals surface area contributed by atoms with Crippen molar-refractivity contribution in [3.8, 4) is 0 Å². The monoisotopic (exact) mass is 227 g/mol. The Labute approximate surface area is 98.4 Å². The zero-order valence-corrected chi connectivity index (χ0v) is 10.5. The van der Waals surface area contributed by atoms with Crippen molar-refractivity contribution in [2.45, 2.75) is 31.3 Å². The summed E-state index contributed by atoms with van der Waals surface area (Å²) in [7, 11) is 2.17. The van der Waals surface area contributed by atoms with Crippen LogP contribution in [-0.4, -0.2) is 66.3 Å². The average Bonchev–Trinajstić information content (AvgIpc) is 3.07. The van der Waals surface area contributed by atoms with E-state index in [0.717, 1.165) is 26.2 Å². The maximum atomic E-state index is 9.48. The van der Waals surface area contributed by atoms with E-state index >= 15 is 0 Å². The fourth-order valence-electron chi connectivity index (χ4n) is 2.65. The molecule has 1 saturated heterocycles. The first-order chi connectivity index (χ1) is 7.55. The second-order valence-electron chi connectivity index (χ2n) is 5.73. The number of rotatable bonds is 4. The maximum absolute atomic E-state index is 9.48. The summed E-state index contributed by atoms with van der Waals surface area (Å²) in [6.45, 7) is 6.48. The highest BCUT2D eigenvalue weighted by atomic mass is 16.3. The predicted octanol–water partition coefficient (Wildman–Crippen LogP) is -0.278. The van der Waals surface area contributed by atoms with Crippen LogP contribution in [0.2, 0.25) is 0 Å². The number of nitrogens with two attached hydrogens (primary N) is 1. The molecule has 2 aliphatic rings. The van der Waals surface area contributed by atoms with Crippen LogP contribution in [0.1, 0.15) is 19.8 Å². The summed E-state index contributed by atoms with van der Waals surface area (Å²) in [5.74, 6) is 0.549. The van der Waals surface area contributed by atoms with Crippen LogP contribution < -0.4 is 5.73 Å². The first-order valence-electron chi connectivity index (χ1n) is 6.37. The van der Waals surface area contributed by atoms with Gasteiger partial charge in [-0.15, -0.1) is 0 Å². The minimum absolute atomic E-state index is 0.123. The smallest absolute Gasteiger partial charge is 0.0626 e. The summed E-state index contributed by atoms with van der Waals surface area (Å²) < 4.78 is 0. The molecule has 2 atom stereocenters. The second kappa shape index (κ2) is 4.61. The third-order valence-electron chi connectivity index (χ3n) is 4.25. The van der Waals surface area contributed by atoms with Gasteiger partial charge < -0.3 is 15.7 Å². The van der Waals surface area contributed by atoms with Crippen molar-refractivity contribution in [2.24, 2.45) is 11.7 Å². The topological polar surface area (TPSA) is 52.7 Å². The maximum Gasteiger partial charge on any atom is 0.0626 e. The van der Waals surface area contributed by atoms with Crippen molar-refractivity contribution in [1.29, 1.82) is 0 Å². The summed E-state index contributed by atoms with van der Waals surface area (Å²) in [4.78, 5) is 4.80. The van der Waals surface area contributed by atoms with E-state index in [1.54, 1.807) is 0 Å². The van der Waals surface area contributed by atoms with Gasteiger partial charge in [-0.1, -0.05) is 0 Å². The van der Waals surface area contributed by atoms with Crippen LogP contribution in [0.3, 0.4) is 0 Å². The highest BCUT2D eigenvalue weighted by molar-refractivity contribution is 5.01. The van der Waals surface area contributed by atoms with Crippen LogP contribution in [0.15, 0.2) is 0 Å². The zero-order valence-electron chi connectivity index (χ0n) is 10.5. The SMILES string of the molecule is CC1CN(CC(N)(CO)C2CC2)CCN1C. The van der Waals surface area contributed by atoms with Crippen LogP contribution >= 0.6 is 0 Å². The number of aliphatic hydroxyl groups is 1. The lowest BCUT2D eigenvalue weighted by Gasteiger charge is -2.41. The molecule has 1 saturated carbocycles. The molecule has 0 spiro atoms. The minimum Gasteiger partial charge on any atom is -0.394 e. The predicted molar refractivity (Wildman–Crippen MR) is 65.3 cm³/mol. The largest absolute Gasteiger partial charge is 0.394 e. The highest BCUT2D eigenvalue weighted by Crippen LogP contribution is 2.38. The number of aliphatic hydroxyl groups excluding tert-OH is 1. The number of piperazine rings is 1. The van der Waals surface area contributed by atoms with E-state index < -0.39 is 0 Å². The van der Waals surface area contributed by atoms with Gasteiger partial charge in [-0.25, -0.2) is 0 Å². The Kier molecular flexibility index (Phi) is 3.54. The second-order valence-corrected chi connectivity index (χ2v) is 5.73. The molecule has 1 heterocycles. The van der Waals surface area contributed by atoms with E-state index in [0.29, 0.717) is 12.0 Å². The lowest BCUT2D eigenvalue weighted by Crippen LogP contribution is -2.59. The van der Waals surface area contributed by atoms with E-state index in [4.69, 9.17) is 5.73 Å². The van der Waals surface area contributed by atoms with Crippen molar-refractivity contribution < 1.29 is 5.11 Å². The summed E-state index contributed by atoms with van der Waals surface area (Å²) in [5, 5.41) is 9.48. The van der Waals surface area contributed by atoms with Gasteiger partial charge in [0, 0.05) is 32.2 Å². The molecule has 16 heavy (non-hydrogen) atoms.